The molecule has 7 nitrogen and oxygen atoms in total. The molecule has 0 aliphatic carbocycles. The van der Waals surface area contributed by atoms with Crippen LogP contribution in [0.2, 0.25) is 5.15 Å². The number of hydrogen-bond acceptors (Lipinski definition) is 7. The van der Waals surface area contributed by atoms with Crippen LogP contribution in [0.3, 0.4) is 0 Å². The molecule has 0 atom stereocenters. The van der Waals surface area contributed by atoms with Crippen LogP contribution in [0.1, 0.15) is 5.56 Å². The Balaban J connectivity index is 2.14. The van der Waals surface area contributed by atoms with Crippen molar-refractivity contribution in [2.24, 2.45) is 0 Å². The molecule has 0 saturated heterocycles. The number of ether oxygens (including phenoxy) is 1. The molecular formula is C12H8ClFN4O3S. The van der Waals surface area contributed by atoms with Crippen LogP contribution >= 0.6 is 23.1 Å². The zero-order chi connectivity index (χ0) is 15.9. The first-order valence-electron chi connectivity index (χ1n) is 5.95. The second-order valence-corrected chi connectivity index (χ2v) is 5.40. The number of carboxylic acid groups (broad SMARTS) is 1. The number of aromatic nitrogens is 3. The lowest BCUT2D eigenvalue weighted by Crippen LogP contribution is -2.22. The minimum absolute atomic E-state index is 0.0399. The molecule has 1 aliphatic rings. The van der Waals surface area contributed by atoms with Gasteiger partial charge in [0, 0.05) is 29.7 Å². The minimum atomic E-state index is -1.11. The zero-order valence-corrected chi connectivity index (χ0v) is 12.7. The average Bonchev–Trinajstić information content (AvgIpc) is 2.96. The highest BCUT2D eigenvalue weighted by Gasteiger charge is 2.27. The van der Waals surface area contributed by atoms with Crippen molar-refractivity contribution in [1.29, 1.82) is 0 Å². The van der Waals surface area contributed by atoms with E-state index in [0.717, 1.165) is 11.5 Å². The molecule has 0 saturated carbocycles. The van der Waals surface area contributed by atoms with Crippen molar-refractivity contribution in [3.8, 4) is 6.01 Å². The molecule has 0 fully saturated rings. The third kappa shape index (κ3) is 2.48. The van der Waals surface area contributed by atoms with Gasteiger partial charge in [-0.1, -0.05) is 11.6 Å². The van der Waals surface area contributed by atoms with Gasteiger partial charge in [0.15, 0.2) is 11.0 Å². The normalized spacial score (nSPS) is 13.6. The molecule has 2 aromatic heterocycles. The summed E-state index contributed by atoms with van der Waals surface area (Å²) in [6.45, 7) is 0. The van der Waals surface area contributed by atoms with Gasteiger partial charge in [0.25, 0.3) is 0 Å². The lowest BCUT2D eigenvalue weighted by atomic mass is 10.0. The molecule has 0 bridgehead atoms. The molecule has 0 amide bonds. The Morgan fingerprint density at radius 3 is 2.95 bits per heavy atom. The fourth-order valence-electron chi connectivity index (χ4n) is 1.96. The number of nitrogens with zero attached hydrogens (tertiary/aromatic N) is 4. The van der Waals surface area contributed by atoms with Gasteiger partial charge in [-0.15, -0.1) is 4.37 Å². The Kier molecular flexibility index (Phi) is 3.67. The number of anilines is 2. The predicted octanol–water partition coefficient (Wildman–Crippen LogP) is 2.40. The van der Waals surface area contributed by atoms with Crippen molar-refractivity contribution in [3.05, 3.63) is 34.4 Å². The molecule has 1 N–H and O–H groups in total. The van der Waals surface area contributed by atoms with Crippen LogP contribution in [0.5, 0.6) is 6.01 Å². The first-order valence-corrected chi connectivity index (χ1v) is 7.10. The van der Waals surface area contributed by atoms with Crippen LogP contribution in [0.4, 0.5) is 15.3 Å². The SMILES string of the molecule is COc1nsc(N2C=C(C(=O)O)Cc3cc(F)c(Cl)nc32)n1. The fraction of sp³-hybridized carbons (Fsp3) is 0.167. The van der Waals surface area contributed by atoms with Gasteiger partial charge in [0.2, 0.25) is 5.13 Å². The van der Waals surface area contributed by atoms with Gasteiger partial charge in [0.05, 0.1) is 12.7 Å². The smallest absolute Gasteiger partial charge is 0.333 e. The number of aliphatic carboxylic acids is 1. The molecule has 0 spiro atoms. The van der Waals surface area contributed by atoms with Crippen LogP contribution in [-0.2, 0) is 11.2 Å². The first kappa shape index (κ1) is 14.7. The van der Waals surface area contributed by atoms with E-state index in [1.54, 1.807) is 0 Å². The number of fused-ring (bicyclic) bond motifs is 1. The predicted molar refractivity (Wildman–Crippen MR) is 77.2 cm³/mol. The van der Waals surface area contributed by atoms with Gasteiger partial charge < -0.3 is 9.84 Å². The quantitative estimate of drug-likeness (QED) is 0.857. The van der Waals surface area contributed by atoms with Crippen molar-refractivity contribution in [1.82, 2.24) is 14.3 Å². The molecule has 10 heteroatoms. The van der Waals surface area contributed by atoms with E-state index in [1.165, 1.54) is 24.3 Å². The van der Waals surface area contributed by atoms with E-state index >= 15 is 0 Å². The summed E-state index contributed by atoms with van der Waals surface area (Å²) in [4.78, 5) is 20.7. The molecule has 3 heterocycles. The van der Waals surface area contributed by atoms with Gasteiger partial charge >= 0.3 is 12.0 Å². The molecule has 114 valence electrons. The standard InChI is InChI=1S/C12H8ClFN4O3S/c1-21-11-16-12(22-17-11)18-4-6(10(19)20)2-5-3-7(14)8(13)15-9(5)18/h3-4H,2H2,1H3,(H,19,20). The molecule has 22 heavy (non-hydrogen) atoms. The number of carboxylic acids is 1. The molecule has 1 aliphatic heterocycles. The molecule has 3 rings (SSSR count). The van der Waals surface area contributed by atoms with E-state index < -0.39 is 11.8 Å². The lowest BCUT2D eigenvalue weighted by Gasteiger charge is -2.24. The summed E-state index contributed by atoms with van der Waals surface area (Å²) >= 11 is 6.72. The molecule has 2 aromatic rings. The van der Waals surface area contributed by atoms with Crippen LogP contribution in [0.25, 0.3) is 0 Å². The summed E-state index contributed by atoms with van der Waals surface area (Å²) in [5.41, 5.74) is 0.473. The van der Waals surface area contributed by atoms with E-state index in [1.807, 2.05) is 0 Å². The van der Waals surface area contributed by atoms with Gasteiger partial charge in [0.1, 0.15) is 5.82 Å². The Labute approximate surface area is 132 Å². The first-order chi connectivity index (χ1) is 10.5. The maximum Gasteiger partial charge on any atom is 0.333 e. The average molecular weight is 343 g/mol. The summed E-state index contributed by atoms with van der Waals surface area (Å²) in [5.74, 6) is -1.50. The van der Waals surface area contributed by atoms with E-state index in [9.17, 15) is 14.3 Å². The Morgan fingerprint density at radius 2 is 2.32 bits per heavy atom. The summed E-state index contributed by atoms with van der Waals surface area (Å²) < 4.78 is 22.5. The number of rotatable bonds is 3. The Hall–Kier alpha value is -2.26. The van der Waals surface area contributed by atoms with E-state index in [4.69, 9.17) is 16.3 Å². The number of methoxy groups -OCH3 is 1. The number of pyridine rings is 1. The maximum absolute atomic E-state index is 13.6. The van der Waals surface area contributed by atoms with E-state index in [0.29, 0.717) is 16.5 Å². The van der Waals surface area contributed by atoms with Crippen molar-refractivity contribution < 1.29 is 19.0 Å². The zero-order valence-electron chi connectivity index (χ0n) is 11.1. The second-order valence-electron chi connectivity index (χ2n) is 4.31. The molecular weight excluding hydrogens is 335 g/mol. The summed E-state index contributed by atoms with van der Waals surface area (Å²) in [6, 6.07) is 1.32. The van der Waals surface area contributed by atoms with Crippen LogP contribution in [-0.4, -0.2) is 32.5 Å². The highest BCUT2D eigenvalue weighted by atomic mass is 35.5. The van der Waals surface area contributed by atoms with Crippen LogP contribution in [0.15, 0.2) is 17.8 Å². The second kappa shape index (κ2) is 5.50. The highest BCUT2D eigenvalue weighted by molar-refractivity contribution is 7.09. The molecule has 0 aromatic carbocycles. The fourth-order valence-corrected chi connectivity index (χ4v) is 2.72. The Bertz CT molecular complexity index is 795. The lowest BCUT2D eigenvalue weighted by molar-refractivity contribution is -0.132. The third-order valence-electron chi connectivity index (χ3n) is 2.94. The third-order valence-corrected chi connectivity index (χ3v) is 3.91. The monoisotopic (exact) mass is 342 g/mol. The van der Waals surface area contributed by atoms with Gasteiger partial charge in [-0.05, 0) is 6.07 Å². The van der Waals surface area contributed by atoms with Crippen molar-refractivity contribution in [2.75, 3.05) is 12.0 Å². The largest absolute Gasteiger partial charge is 0.478 e. The Morgan fingerprint density at radius 1 is 1.55 bits per heavy atom. The summed E-state index contributed by atoms with van der Waals surface area (Å²) in [6.07, 6.45) is 1.41. The van der Waals surface area contributed by atoms with Crippen molar-refractivity contribution in [3.63, 3.8) is 0 Å². The molecule has 0 unspecified atom stereocenters. The van der Waals surface area contributed by atoms with Crippen LogP contribution in [0, 0.1) is 5.82 Å². The van der Waals surface area contributed by atoms with Gasteiger partial charge in [-0.25, -0.2) is 14.2 Å². The minimum Gasteiger partial charge on any atom is -0.478 e. The number of carbonyl (C=O) groups is 1. The van der Waals surface area contributed by atoms with E-state index in [2.05, 4.69) is 14.3 Å². The topological polar surface area (TPSA) is 88.4 Å². The van der Waals surface area contributed by atoms with Gasteiger partial charge in [-0.2, -0.15) is 4.98 Å². The van der Waals surface area contributed by atoms with Crippen molar-refractivity contribution >= 4 is 40.1 Å². The van der Waals surface area contributed by atoms with E-state index in [-0.39, 0.29) is 23.2 Å². The summed E-state index contributed by atoms with van der Waals surface area (Å²) in [5, 5.41) is 9.25. The van der Waals surface area contributed by atoms with Crippen molar-refractivity contribution in [2.45, 2.75) is 6.42 Å². The summed E-state index contributed by atoms with van der Waals surface area (Å²) in [7, 11) is 1.42. The number of hydrogen-bond donors (Lipinski definition) is 1. The van der Waals surface area contributed by atoms with Gasteiger partial charge in [-0.3, -0.25) is 4.90 Å². The van der Waals surface area contributed by atoms with Crippen LogP contribution < -0.4 is 9.64 Å². The maximum atomic E-state index is 13.6. The highest BCUT2D eigenvalue weighted by Crippen LogP contribution is 2.36. The molecule has 0 radical (unpaired) electrons. The number of halogens is 2.